The van der Waals surface area contributed by atoms with E-state index in [1.54, 1.807) is 6.34 Å². The maximum atomic E-state index is 3.88. The quantitative estimate of drug-likeness (QED) is 0.637. The normalized spacial score (nSPS) is 13.4. The number of aromatic nitrogens is 3. The molecule has 0 unspecified atom stereocenters. The molecule has 0 atom stereocenters. The van der Waals surface area contributed by atoms with Gasteiger partial charge in [0.15, 0.2) is 0 Å². The molecule has 1 aliphatic rings. The SMILES string of the molecule is C1=NCCN1.c1ccc2n[nH]nc2c1. The summed E-state index contributed by atoms with van der Waals surface area (Å²) in [6, 6.07) is 7.70. The smallest absolute Gasteiger partial charge is 0.112 e. The number of hydrogen-bond donors (Lipinski definition) is 2. The van der Waals surface area contributed by atoms with Crippen LogP contribution in [0.25, 0.3) is 11.0 Å². The van der Waals surface area contributed by atoms with E-state index in [0.29, 0.717) is 0 Å². The first kappa shape index (κ1) is 8.68. The Hall–Kier alpha value is -1.91. The number of hydrogen-bond acceptors (Lipinski definition) is 4. The Bertz CT molecular complexity index is 384. The molecular weight excluding hydrogens is 178 g/mol. The number of aliphatic imine (C=N–C) groups is 1. The van der Waals surface area contributed by atoms with Crippen LogP contribution in [-0.4, -0.2) is 34.8 Å². The van der Waals surface area contributed by atoms with Gasteiger partial charge in [0.2, 0.25) is 0 Å². The third-order valence-corrected chi connectivity index (χ3v) is 1.79. The molecule has 2 N–H and O–H groups in total. The number of nitrogens with one attached hydrogen (secondary N) is 2. The largest absolute Gasteiger partial charge is 0.375 e. The molecule has 2 aromatic rings. The molecule has 0 amide bonds. The summed E-state index contributed by atoms with van der Waals surface area (Å²) in [5.74, 6) is 0. The number of nitrogens with zero attached hydrogens (tertiary/aromatic N) is 3. The molecule has 14 heavy (non-hydrogen) atoms. The minimum atomic E-state index is 0.914. The van der Waals surface area contributed by atoms with Crippen molar-refractivity contribution in [2.75, 3.05) is 13.1 Å². The number of aromatic amines is 1. The van der Waals surface area contributed by atoms with Crippen LogP contribution >= 0.6 is 0 Å². The molecule has 0 radical (unpaired) electrons. The van der Waals surface area contributed by atoms with Gasteiger partial charge >= 0.3 is 0 Å². The summed E-state index contributed by atoms with van der Waals surface area (Å²) in [5, 5.41) is 13.2. The standard InChI is InChI=1S/C6H5N3.C3H6N2/c1-2-4-6-5(3-1)7-9-8-6;1-2-5-3-4-1/h1-4H,(H,7,8,9);3H,1-2H2,(H,4,5). The zero-order valence-electron chi connectivity index (χ0n) is 7.64. The molecule has 5 nitrogen and oxygen atoms in total. The van der Waals surface area contributed by atoms with E-state index < -0.39 is 0 Å². The van der Waals surface area contributed by atoms with Crippen LogP contribution in [-0.2, 0) is 0 Å². The summed E-state index contributed by atoms with van der Waals surface area (Å²) in [7, 11) is 0. The van der Waals surface area contributed by atoms with E-state index in [1.165, 1.54) is 0 Å². The Morgan fingerprint density at radius 1 is 1.07 bits per heavy atom. The molecule has 1 aromatic heterocycles. The molecule has 5 heteroatoms. The van der Waals surface area contributed by atoms with Gasteiger partial charge in [-0.2, -0.15) is 15.4 Å². The molecule has 1 aromatic carbocycles. The van der Waals surface area contributed by atoms with Gasteiger partial charge in [0, 0.05) is 6.54 Å². The van der Waals surface area contributed by atoms with Crippen molar-refractivity contribution in [3.63, 3.8) is 0 Å². The fourth-order valence-electron chi connectivity index (χ4n) is 1.11. The van der Waals surface area contributed by atoms with Crippen molar-refractivity contribution in [3.8, 4) is 0 Å². The second-order valence-electron chi connectivity index (χ2n) is 2.80. The molecule has 0 fully saturated rings. The van der Waals surface area contributed by atoms with Gasteiger partial charge in [-0.05, 0) is 12.1 Å². The highest BCUT2D eigenvalue weighted by Gasteiger charge is 1.90. The van der Waals surface area contributed by atoms with E-state index in [0.717, 1.165) is 24.1 Å². The third-order valence-electron chi connectivity index (χ3n) is 1.79. The van der Waals surface area contributed by atoms with Crippen LogP contribution in [0.4, 0.5) is 0 Å². The lowest BCUT2D eigenvalue weighted by molar-refractivity contribution is 0.959. The summed E-state index contributed by atoms with van der Waals surface area (Å²) in [6.45, 7) is 1.99. The van der Waals surface area contributed by atoms with Crippen molar-refractivity contribution in [1.82, 2.24) is 20.7 Å². The lowest BCUT2D eigenvalue weighted by Gasteiger charge is -1.78. The molecule has 0 saturated carbocycles. The van der Waals surface area contributed by atoms with Crippen molar-refractivity contribution in [2.45, 2.75) is 0 Å². The van der Waals surface area contributed by atoms with Crippen molar-refractivity contribution in [3.05, 3.63) is 24.3 Å². The van der Waals surface area contributed by atoms with E-state index in [4.69, 9.17) is 0 Å². The van der Waals surface area contributed by atoms with Crippen LogP contribution in [0, 0.1) is 0 Å². The van der Waals surface area contributed by atoms with Crippen molar-refractivity contribution < 1.29 is 0 Å². The van der Waals surface area contributed by atoms with E-state index in [-0.39, 0.29) is 0 Å². The first-order valence-electron chi connectivity index (χ1n) is 4.44. The Morgan fingerprint density at radius 2 is 1.79 bits per heavy atom. The first-order chi connectivity index (χ1) is 6.97. The van der Waals surface area contributed by atoms with Crippen LogP contribution < -0.4 is 5.32 Å². The van der Waals surface area contributed by atoms with E-state index in [1.807, 2.05) is 24.3 Å². The first-order valence-corrected chi connectivity index (χ1v) is 4.44. The predicted octanol–water partition coefficient (Wildman–Crippen LogP) is 0.576. The summed E-state index contributed by atoms with van der Waals surface area (Å²) >= 11 is 0. The van der Waals surface area contributed by atoms with Gasteiger partial charge in [-0.25, -0.2) is 0 Å². The van der Waals surface area contributed by atoms with Gasteiger partial charge in [0.25, 0.3) is 0 Å². The highest BCUT2D eigenvalue weighted by atomic mass is 15.3. The van der Waals surface area contributed by atoms with Crippen LogP contribution in [0.2, 0.25) is 0 Å². The van der Waals surface area contributed by atoms with Crippen LogP contribution in [0.5, 0.6) is 0 Å². The Kier molecular flexibility index (Phi) is 2.70. The topological polar surface area (TPSA) is 66.0 Å². The second-order valence-corrected chi connectivity index (χ2v) is 2.80. The highest BCUT2D eigenvalue weighted by molar-refractivity contribution is 5.72. The number of benzene rings is 1. The molecule has 3 rings (SSSR count). The summed E-state index contributed by atoms with van der Waals surface area (Å²) in [6.07, 6.45) is 1.74. The number of rotatable bonds is 0. The van der Waals surface area contributed by atoms with Gasteiger partial charge in [0.05, 0.1) is 12.9 Å². The zero-order valence-corrected chi connectivity index (χ0v) is 7.64. The average molecular weight is 189 g/mol. The van der Waals surface area contributed by atoms with Crippen molar-refractivity contribution in [1.29, 1.82) is 0 Å². The van der Waals surface area contributed by atoms with Crippen molar-refractivity contribution >= 4 is 17.4 Å². The molecule has 0 bridgehead atoms. The van der Waals surface area contributed by atoms with Crippen LogP contribution in [0.3, 0.4) is 0 Å². The lowest BCUT2D eigenvalue weighted by atomic mass is 10.3. The fourth-order valence-corrected chi connectivity index (χ4v) is 1.11. The summed E-state index contributed by atoms with van der Waals surface area (Å²) in [4.78, 5) is 3.85. The lowest BCUT2D eigenvalue weighted by Crippen LogP contribution is -2.04. The number of H-pyrrole nitrogens is 1. The molecule has 0 aliphatic carbocycles. The van der Waals surface area contributed by atoms with Gasteiger partial charge < -0.3 is 5.32 Å². The molecular formula is C9H11N5. The van der Waals surface area contributed by atoms with Crippen LogP contribution in [0.1, 0.15) is 0 Å². The van der Waals surface area contributed by atoms with Crippen molar-refractivity contribution in [2.24, 2.45) is 4.99 Å². The Balaban J connectivity index is 0.000000128. The molecule has 0 spiro atoms. The second kappa shape index (κ2) is 4.36. The van der Waals surface area contributed by atoms with Crippen LogP contribution in [0.15, 0.2) is 29.3 Å². The van der Waals surface area contributed by atoms with E-state index in [2.05, 4.69) is 25.7 Å². The van der Waals surface area contributed by atoms with E-state index >= 15 is 0 Å². The van der Waals surface area contributed by atoms with Gasteiger partial charge in [0.1, 0.15) is 11.0 Å². The minimum absolute atomic E-state index is 0.914. The zero-order chi connectivity index (χ0) is 9.64. The van der Waals surface area contributed by atoms with Gasteiger partial charge in [-0.15, -0.1) is 0 Å². The third kappa shape index (κ3) is 2.07. The Morgan fingerprint density at radius 3 is 2.21 bits per heavy atom. The molecule has 2 heterocycles. The van der Waals surface area contributed by atoms with E-state index in [9.17, 15) is 0 Å². The summed E-state index contributed by atoms with van der Waals surface area (Å²) < 4.78 is 0. The Labute approximate surface area is 81.2 Å². The maximum absolute atomic E-state index is 3.88. The predicted molar refractivity (Wildman–Crippen MR) is 55.3 cm³/mol. The monoisotopic (exact) mass is 189 g/mol. The maximum Gasteiger partial charge on any atom is 0.112 e. The minimum Gasteiger partial charge on any atom is -0.375 e. The fraction of sp³-hybridized carbons (Fsp3) is 0.222. The number of para-hydroxylation sites is 2. The van der Waals surface area contributed by atoms with Gasteiger partial charge in [-0.3, -0.25) is 4.99 Å². The number of fused-ring (bicyclic) bond motifs is 1. The summed E-state index contributed by atoms with van der Waals surface area (Å²) in [5.41, 5.74) is 1.83. The molecule has 0 saturated heterocycles. The molecule has 72 valence electrons. The van der Waals surface area contributed by atoms with Gasteiger partial charge in [-0.1, -0.05) is 12.1 Å². The molecule has 1 aliphatic heterocycles. The highest BCUT2D eigenvalue weighted by Crippen LogP contribution is 2.03. The average Bonchev–Trinajstić information content (AvgIpc) is 2.92.